The maximum atomic E-state index is 13.6. The number of hydrogen-bond acceptors (Lipinski definition) is 5. The summed E-state index contributed by atoms with van der Waals surface area (Å²) in [6.07, 6.45) is -1.07. The molecule has 0 heterocycles. The average molecular weight is 389 g/mol. The van der Waals surface area contributed by atoms with Gasteiger partial charge in [0.2, 0.25) is 0 Å². The maximum absolute atomic E-state index is 13.6. The molecule has 1 atom stereocenters. The van der Waals surface area contributed by atoms with E-state index in [9.17, 15) is 14.0 Å². The van der Waals surface area contributed by atoms with E-state index in [1.807, 2.05) is 13.8 Å². The first-order valence-corrected chi connectivity index (χ1v) is 9.03. The van der Waals surface area contributed by atoms with Gasteiger partial charge in [-0.2, -0.15) is 0 Å². The van der Waals surface area contributed by atoms with Gasteiger partial charge in [-0.15, -0.1) is 0 Å². The van der Waals surface area contributed by atoms with Crippen LogP contribution in [0.3, 0.4) is 0 Å². The van der Waals surface area contributed by atoms with Crippen molar-refractivity contribution in [3.8, 4) is 11.5 Å². The maximum Gasteiger partial charge on any atom is 0.339 e. The number of rotatable bonds is 8. The second-order valence-corrected chi connectivity index (χ2v) is 6.03. The number of hydrogen-bond donors (Lipinski definition) is 1. The Kier molecular flexibility index (Phi) is 7.37. The van der Waals surface area contributed by atoms with E-state index in [4.69, 9.17) is 14.2 Å². The van der Waals surface area contributed by atoms with Gasteiger partial charge >= 0.3 is 5.97 Å². The fourth-order valence-corrected chi connectivity index (χ4v) is 2.37. The summed E-state index contributed by atoms with van der Waals surface area (Å²) in [5.41, 5.74) is 0.988. The van der Waals surface area contributed by atoms with Gasteiger partial charge in [0.1, 0.15) is 5.82 Å². The van der Waals surface area contributed by atoms with Crippen LogP contribution >= 0.6 is 0 Å². The molecule has 1 unspecified atom stereocenters. The molecular weight excluding hydrogens is 365 g/mol. The summed E-state index contributed by atoms with van der Waals surface area (Å²) in [6.45, 7) is 7.60. The van der Waals surface area contributed by atoms with Crippen LogP contribution in [0.2, 0.25) is 0 Å². The molecule has 0 aromatic heterocycles. The Morgan fingerprint density at radius 3 is 2.36 bits per heavy atom. The molecular formula is C21H24FNO5. The predicted molar refractivity (Wildman–Crippen MR) is 103 cm³/mol. The van der Waals surface area contributed by atoms with Crippen molar-refractivity contribution in [3.63, 3.8) is 0 Å². The minimum atomic E-state index is -1.07. The van der Waals surface area contributed by atoms with Gasteiger partial charge in [-0.25, -0.2) is 9.18 Å². The number of ether oxygens (including phenoxy) is 3. The van der Waals surface area contributed by atoms with Crippen molar-refractivity contribution < 1.29 is 28.2 Å². The van der Waals surface area contributed by atoms with Crippen molar-refractivity contribution in [2.24, 2.45) is 0 Å². The normalized spacial score (nSPS) is 11.5. The number of anilines is 1. The van der Waals surface area contributed by atoms with E-state index in [0.29, 0.717) is 30.3 Å². The Morgan fingerprint density at radius 1 is 1.04 bits per heavy atom. The minimum absolute atomic E-state index is 0.230. The molecule has 0 aliphatic rings. The third-order valence-corrected chi connectivity index (χ3v) is 3.87. The Labute approximate surface area is 163 Å². The summed E-state index contributed by atoms with van der Waals surface area (Å²) < 4.78 is 29.7. The molecule has 0 bridgehead atoms. The highest BCUT2D eigenvalue weighted by Crippen LogP contribution is 2.29. The molecule has 2 rings (SSSR count). The molecule has 0 fully saturated rings. The van der Waals surface area contributed by atoms with E-state index in [1.54, 1.807) is 25.1 Å². The SMILES string of the molecule is CCOc1ccc(C(=O)OC(C)C(=O)Nc2ccc(C)c(F)c2)cc1OCC. The van der Waals surface area contributed by atoms with Crippen molar-refractivity contribution >= 4 is 17.6 Å². The molecule has 0 saturated heterocycles. The smallest absolute Gasteiger partial charge is 0.339 e. The summed E-state index contributed by atoms with van der Waals surface area (Å²) >= 11 is 0. The molecule has 7 heteroatoms. The van der Waals surface area contributed by atoms with Gasteiger partial charge in [0.15, 0.2) is 17.6 Å². The van der Waals surface area contributed by atoms with Crippen LogP contribution in [0.25, 0.3) is 0 Å². The van der Waals surface area contributed by atoms with Crippen LogP contribution in [-0.2, 0) is 9.53 Å². The summed E-state index contributed by atoms with van der Waals surface area (Å²) in [6, 6.07) is 9.00. The predicted octanol–water partition coefficient (Wildman–Crippen LogP) is 4.12. The second-order valence-electron chi connectivity index (χ2n) is 6.03. The van der Waals surface area contributed by atoms with Crippen molar-refractivity contribution in [1.82, 2.24) is 0 Å². The average Bonchev–Trinajstić information content (AvgIpc) is 2.66. The Bertz CT molecular complexity index is 853. The van der Waals surface area contributed by atoms with E-state index in [-0.39, 0.29) is 11.3 Å². The molecule has 6 nitrogen and oxygen atoms in total. The molecule has 1 amide bonds. The summed E-state index contributed by atoms with van der Waals surface area (Å²) in [7, 11) is 0. The zero-order chi connectivity index (χ0) is 20.7. The lowest BCUT2D eigenvalue weighted by Crippen LogP contribution is -2.30. The highest BCUT2D eigenvalue weighted by atomic mass is 19.1. The quantitative estimate of drug-likeness (QED) is 0.688. The zero-order valence-corrected chi connectivity index (χ0v) is 16.4. The topological polar surface area (TPSA) is 73.9 Å². The Morgan fingerprint density at radius 2 is 1.71 bits per heavy atom. The lowest BCUT2D eigenvalue weighted by atomic mass is 10.2. The van der Waals surface area contributed by atoms with Crippen molar-refractivity contribution in [1.29, 1.82) is 0 Å². The first-order valence-electron chi connectivity index (χ1n) is 9.03. The fourth-order valence-electron chi connectivity index (χ4n) is 2.37. The van der Waals surface area contributed by atoms with Gasteiger partial charge in [-0.3, -0.25) is 4.79 Å². The summed E-state index contributed by atoms with van der Waals surface area (Å²) in [5.74, 6) is -0.728. The van der Waals surface area contributed by atoms with E-state index >= 15 is 0 Å². The van der Waals surface area contributed by atoms with E-state index in [0.717, 1.165) is 0 Å². The lowest BCUT2D eigenvalue weighted by molar-refractivity contribution is -0.123. The van der Waals surface area contributed by atoms with Crippen LogP contribution in [0.1, 0.15) is 36.7 Å². The largest absolute Gasteiger partial charge is 0.490 e. The van der Waals surface area contributed by atoms with Crippen LogP contribution in [0, 0.1) is 12.7 Å². The molecule has 150 valence electrons. The number of carbonyl (C=O) groups excluding carboxylic acids is 2. The van der Waals surface area contributed by atoms with E-state index < -0.39 is 23.8 Å². The molecule has 0 aliphatic heterocycles. The van der Waals surface area contributed by atoms with Crippen LogP contribution < -0.4 is 14.8 Å². The van der Waals surface area contributed by atoms with Crippen LogP contribution in [0.5, 0.6) is 11.5 Å². The second kappa shape index (κ2) is 9.73. The Hall–Kier alpha value is -3.09. The minimum Gasteiger partial charge on any atom is -0.490 e. The number of amides is 1. The van der Waals surface area contributed by atoms with Gasteiger partial charge < -0.3 is 19.5 Å². The van der Waals surface area contributed by atoms with Gasteiger partial charge in [0.25, 0.3) is 5.91 Å². The Balaban J connectivity index is 2.05. The number of nitrogens with one attached hydrogen (secondary N) is 1. The zero-order valence-electron chi connectivity index (χ0n) is 16.4. The van der Waals surface area contributed by atoms with Crippen molar-refractivity contribution in [2.75, 3.05) is 18.5 Å². The van der Waals surface area contributed by atoms with Crippen molar-refractivity contribution in [3.05, 3.63) is 53.3 Å². The first-order chi connectivity index (χ1) is 13.3. The van der Waals surface area contributed by atoms with Crippen molar-refractivity contribution in [2.45, 2.75) is 33.8 Å². The molecule has 28 heavy (non-hydrogen) atoms. The monoisotopic (exact) mass is 389 g/mol. The third kappa shape index (κ3) is 5.45. The van der Waals surface area contributed by atoms with E-state index in [2.05, 4.69) is 5.32 Å². The number of aryl methyl sites for hydroxylation is 1. The fraction of sp³-hybridized carbons (Fsp3) is 0.333. The van der Waals surface area contributed by atoms with Gasteiger partial charge in [-0.05, 0) is 63.6 Å². The summed E-state index contributed by atoms with van der Waals surface area (Å²) in [4.78, 5) is 24.6. The third-order valence-electron chi connectivity index (χ3n) is 3.87. The highest BCUT2D eigenvalue weighted by molar-refractivity contribution is 5.97. The van der Waals surface area contributed by atoms with Gasteiger partial charge in [0, 0.05) is 5.69 Å². The molecule has 0 radical (unpaired) electrons. The van der Waals surface area contributed by atoms with Gasteiger partial charge in [-0.1, -0.05) is 6.07 Å². The standard InChI is InChI=1S/C21H24FNO5/c1-5-26-18-10-8-15(11-19(18)27-6-2)21(25)28-14(4)20(24)23-16-9-7-13(3)17(22)12-16/h7-12,14H,5-6H2,1-4H3,(H,23,24). The highest BCUT2D eigenvalue weighted by Gasteiger charge is 2.20. The number of carbonyl (C=O) groups is 2. The van der Waals surface area contributed by atoms with Crippen LogP contribution in [0.4, 0.5) is 10.1 Å². The molecule has 2 aromatic rings. The van der Waals surface area contributed by atoms with Crippen LogP contribution in [0.15, 0.2) is 36.4 Å². The molecule has 0 spiro atoms. The number of halogens is 1. The first kappa shape index (κ1) is 21.2. The molecule has 0 aliphatic carbocycles. The number of esters is 1. The number of benzene rings is 2. The van der Waals surface area contributed by atoms with E-state index in [1.165, 1.54) is 25.1 Å². The molecule has 2 aromatic carbocycles. The lowest BCUT2D eigenvalue weighted by Gasteiger charge is -2.15. The van der Waals surface area contributed by atoms with Crippen LogP contribution in [-0.4, -0.2) is 31.2 Å². The molecule has 1 N–H and O–H groups in total. The van der Waals surface area contributed by atoms with Gasteiger partial charge in [0.05, 0.1) is 18.8 Å². The summed E-state index contributed by atoms with van der Waals surface area (Å²) in [5, 5.41) is 2.52. The molecule has 0 saturated carbocycles.